The molecule has 0 aliphatic carbocycles. The van der Waals surface area contributed by atoms with Gasteiger partial charge in [-0.25, -0.2) is 0 Å². The van der Waals surface area contributed by atoms with Crippen LogP contribution in [0.3, 0.4) is 0 Å². The van der Waals surface area contributed by atoms with Crippen LogP contribution in [0.5, 0.6) is 0 Å². The third kappa shape index (κ3) is 5.33. The van der Waals surface area contributed by atoms with Crippen LogP contribution in [0.1, 0.15) is 24.6 Å². The lowest BCUT2D eigenvalue weighted by molar-refractivity contribution is -0.130. The van der Waals surface area contributed by atoms with Gasteiger partial charge in [0.1, 0.15) is 0 Å². The molecule has 0 bridgehead atoms. The van der Waals surface area contributed by atoms with E-state index in [4.69, 9.17) is 0 Å². The molecule has 0 unspecified atom stereocenters. The quantitative estimate of drug-likeness (QED) is 0.746. The molecule has 4 heteroatoms. The molecule has 1 amide bonds. The monoisotopic (exact) mass is 254 g/mol. The van der Waals surface area contributed by atoms with Crippen molar-refractivity contribution in [3.8, 4) is 0 Å². The van der Waals surface area contributed by atoms with E-state index in [0.29, 0.717) is 6.54 Å². The summed E-state index contributed by atoms with van der Waals surface area (Å²) in [5, 5.41) is 2.07. The normalized spacial score (nSPS) is 10.8. The average molecular weight is 254 g/mol. The predicted molar refractivity (Wildman–Crippen MR) is 73.2 cm³/mol. The molecule has 96 valence electrons. The van der Waals surface area contributed by atoms with Crippen molar-refractivity contribution in [1.29, 1.82) is 0 Å². The van der Waals surface area contributed by atoms with E-state index >= 15 is 0 Å². The number of thiophene rings is 1. The van der Waals surface area contributed by atoms with E-state index in [0.717, 1.165) is 25.9 Å². The summed E-state index contributed by atoms with van der Waals surface area (Å²) in [7, 11) is 3.88. The van der Waals surface area contributed by atoms with E-state index in [1.807, 2.05) is 25.1 Å². The highest BCUT2D eigenvalue weighted by Gasteiger charge is 2.11. The molecule has 1 aromatic rings. The average Bonchev–Trinajstić information content (AvgIpc) is 2.78. The zero-order valence-corrected chi connectivity index (χ0v) is 11.8. The van der Waals surface area contributed by atoms with Crippen LogP contribution < -0.4 is 0 Å². The maximum Gasteiger partial charge on any atom is 0.236 e. The second-order valence-electron chi connectivity index (χ2n) is 4.42. The number of nitrogens with zero attached hydrogens (tertiary/aromatic N) is 2. The van der Waals surface area contributed by atoms with Crippen molar-refractivity contribution in [2.45, 2.75) is 26.3 Å². The topological polar surface area (TPSA) is 23.6 Å². The number of likely N-dealkylation sites (N-methyl/N-ethyl adjacent to an activating group) is 2. The minimum Gasteiger partial charge on any atom is -0.345 e. The first-order valence-electron chi connectivity index (χ1n) is 6.08. The van der Waals surface area contributed by atoms with Crippen molar-refractivity contribution in [3.05, 3.63) is 22.4 Å². The summed E-state index contributed by atoms with van der Waals surface area (Å²) >= 11 is 1.73. The fraction of sp³-hybridized carbons (Fsp3) is 0.615. The van der Waals surface area contributed by atoms with E-state index in [9.17, 15) is 4.79 Å². The Morgan fingerprint density at radius 3 is 2.76 bits per heavy atom. The summed E-state index contributed by atoms with van der Waals surface area (Å²) in [4.78, 5) is 17.1. The standard InChI is InChI=1S/C13H22N2OS/c1-4-5-8-15(3)13(16)11-14(2)10-12-7-6-9-17-12/h6-7,9H,4-5,8,10-11H2,1-3H3. The molecule has 0 spiro atoms. The molecule has 3 nitrogen and oxygen atoms in total. The zero-order chi connectivity index (χ0) is 12.7. The van der Waals surface area contributed by atoms with Gasteiger partial charge in [-0.1, -0.05) is 19.4 Å². The van der Waals surface area contributed by atoms with Crippen LogP contribution in [0.25, 0.3) is 0 Å². The Bertz CT molecular complexity index is 324. The van der Waals surface area contributed by atoms with Crippen molar-refractivity contribution < 1.29 is 4.79 Å². The molecule has 1 aromatic heterocycles. The molecular weight excluding hydrogens is 232 g/mol. The fourth-order valence-corrected chi connectivity index (χ4v) is 2.38. The minimum absolute atomic E-state index is 0.206. The largest absolute Gasteiger partial charge is 0.345 e. The number of carbonyl (C=O) groups excluding carboxylic acids is 1. The van der Waals surface area contributed by atoms with E-state index in [2.05, 4.69) is 23.3 Å². The maximum absolute atomic E-state index is 11.9. The van der Waals surface area contributed by atoms with Crippen LogP contribution in [-0.2, 0) is 11.3 Å². The Kier molecular flexibility index (Phi) is 6.22. The van der Waals surface area contributed by atoms with E-state index in [-0.39, 0.29) is 5.91 Å². The number of amides is 1. The molecule has 0 radical (unpaired) electrons. The summed E-state index contributed by atoms with van der Waals surface area (Å²) in [6.45, 7) is 4.35. The maximum atomic E-state index is 11.9. The lowest BCUT2D eigenvalue weighted by atomic mass is 10.3. The van der Waals surface area contributed by atoms with Crippen LogP contribution in [0.2, 0.25) is 0 Å². The Morgan fingerprint density at radius 2 is 2.18 bits per heavy atom. The van der Waals surface area contributed by atoms with Crippen molar-refractivity contribution in [3.63, 3.8) is 0 Å². The van der Waals surface area contributed by atoms with Gasteiger partial charge in [-0.2, -0.15) is 0 Å². The van der Waals surface area contributed by atoms with Crippen LogP contribution in [-0.4, -0.2) is 42.9 Å². The second kappa shape index (κ2) is 7.45. The minimum atomic E-state index is 0.206. The van der Waals surface area contributed by atoms with Crippen molar-refractivity contribution in [2.24, 2.45) is 0 Å². The number of unbranched alkanes of at least 4 members (excludes halogenated alkanes) is 1. The highest BCUT2D eigenvalue weighted by molar-refractivity contribution is 7.09. The molecule has 0 N–H and O–H groups in total. The van der Waals surface area contributed by atoms with Gasteiger partial charge in [0.2, 0.25) is 5.91 Å². The molecule has 0 aliphatic rings. The molecule has 1 heterocycles. The first-order valence-corrected chi connectivity index (χ1v) is 6.96. The summed E-state index contributed by atoms with van der Waals surface area (Å²) in [6, 6.07) is 4.15. The van der Waals surface area contributed by atoms with Gasteiger partial charge in [-0.05, 0) is 24.9 Å². The Labute approximate surface area is 108 Å². The van der Waals surface area contributed by atoms with Crippen LogP contribution >= 0.6 is 11.3 Å². The third-order valence-corrected chi connectivity index (χ3v) is 3.55. The van der Waals surface area contributed by atoms with E-state index < -0.39 is 0 Å². The van der Waals surface area contributed by atoms with Gasteiger partial charge in [0.05, 0.1) is 6.54 Å². The molecule has 0 aromatic carbocycles. The van der Waals surface area contributed by atoms with Gasteiger partial charge in [-0.3, -0.25) is 9.69 Å². The van der Waals surface area contributed by atoms with E-state index in [1.165, 1.54) is 4.88 Å². The van der Waals surface area contributed by atoms with Crippen molar-refractivity contribution in [1.82, 2.24) is 9.80 Å². The molecule has 0 saturated heterocycles. The highest BCUT2D eigenvalue weighted by Crippen LogP contribution is 2.10. The number of carbonyl (C=O) groups is 1. The van der Waals surface area contributed by atoms with Crippen molar-refractivity contribution >= 4 is 17.2 Å². The van der Waals surface area contributed by atoms with Gasteiger partial charge < -0.3 is 4.90 Å². The molecule has 0 fully saturated rings. The van der Waals surface area contributed by atoms with Crippen LogP contribution in [0.15, 0.2) is 17.5 Å². The molecule has 17 heavy (non-hydrogen) atoms. The van der Waals surface area contributed by atoms with Crippen LogP contribution in [0, 0.1) is 0 Å². The Hall–Kier alpha value is -0.870. The van der Waals surface area contributed by atoms with Crippen molar-refractivity contribution in [2.75, 3.05) is 27.2 Å². The van der Waals surface area contributed by atoms with E-state index in [1.54, 1.807) is 11.3 Å². The smallest absolute Gasteiger partial charge is 0.236 e. The number of hydrogen-bond acceptors (Lipinski definition) is 3. The number of hydrogen-bond donors (Lipinski definition) is 0. The SMILES string of the molecule is CCCCN(C)C(=O)CN(C)Cc1cccs1. The summed E-state index contributed by atoms with van der Waals surface area (Å²) < 4.78 is 0. The molecule has 1 rings (SSSR count). The summed E-state index contributed by atoms with van der Waals surface area (Å²) in [6.07, 6.45) is 2.21. The lowest BCUT2D eigenvalue weighted by Gasteiger charge is -2.21. The Balaban J connectivity index is 2.30. The molecule has 0 atom stereocenters. The molecule has 0 aliphatic heterocycles. The summed E-state index contributed by atoms with van der Waals surface area (Å²) in [5.41, 5.74) is 0. The van der Waals surface area contributed by atoms with Gasteiger partial charge in [0, 0.05) is 25.0 Å². The first-order chi connectivity index (χ1) is 8.13. The predicted octanol–water partition coefficient (Wildman–Crippen LogP) is 2.44. The van der Waals surface area contributed by atoms with Gasteiger partial charge in [0.15, 0.2) is 0 Å². The fourth-order valence-electron chi connectivity index (χ4n) is 1.60. The van der Waals surface area contributed by atoms with Gasteiger partial charge >= 0.3 is 0 Å². The second-order valence-corrected chi connectivity index (χ2v) is 5.45. The first kappa shape index (κ1) is 14.2. The molecule has 0 saturated carbocycles. The molecular formula is C13H22N2OS. The van der Waals surface area contributed by atoms with Crippen LogP contribution in [0.4, 0.5) is 0 Å². The summed E-state index contributed by atoms with van der Waals surface area (Å²) in [5.74, 6) is 0.206. The number of rotatable bonds is 7. The zero-order valence-electron chi connectivity index (χ0n) is 11.0. The highest BCUT2D eigenvalue weighted by atomic mass is 32.1. The van der Waals surface area contributed by atoms with Gasteiger partial charge in [-0.15, -0.1) is 11.3 Å². The van der Waals surface area contributed by atoms with Gasteiger partial charge in [0.25, 0.3) is 0 Å². The Morgan fingerprint density at radius 1 is 1.41 bits per heavy atom. The third-order valence-electron chi connectivity index (χ3n) is 2.68. The lowest BCUT2D eigenvalue weighted by Crippen LogP contribution is -2.36.